The van der Waals surface area contributed by atoms with Gasteiger partial charge in [0.2, 0.25) is 11.8 Å². The van der Waals surface area contributed by atoms with Crippen LogP contribution in [0.3, 0.4) is 0 Å². The number of amides is 2. The first kappa shape index (κ1) is 18.9. The number of aliphatic hydroxyl groups excluding tert-OH is 1. The number of hydrogen-bond acceptors (Lipinski definition) is 4. The molecule has 134 valence electrons. The fraction of sp³-hybridized carbons (Fsp3) is 0.667. The van der Waals surface area contributed by atoms with Crippen molar-refractivity contribution < 1.29 is 14.7 Å². The number of likely N-dealkylation sites (tertiary alicyclic amines) is 1. The van der Waals surface area contributed by atoms with E-state index >= 15 is 0 Å². The lowest BCUT2D eigenvalue weighted by Crippen LogP contribution is -2.47. The third-order valence-electron chi connectivity index (χ3n) is 4.38. The fourth-order valence-corrected chi connectivity index (χ4v) is 4.05. The molecule has 0 unspecified atom stereocenters. The number of aryl methyl sites for hydroxylation is 1. The zero-order valence-corrected chi connectivity index (χ0v) is 15.5. The number of aliphatic hydroxyl groups is 1. The van der Waals surface area contributed by atoms with Crippen molar-refractivity contribution in [2.75, 3.05) is 26.2 Å². The minimum absolute atomic E-state index is 0.0817. The van der Waals surface area contributed by atoms with Gasteiger partial charge in [0.05, 0.1) is 12.5 Å². The van der Waals surface area contributed by atoms with Crippen molar-refractivity contribution in [3.05, 3.63) is 21.9 Å². The van der Waals surface area contributed by atoms with E-state index in [9.17, 15) is 9.59 Å². The van der Waals surface area contributed by atoms with Crippen LogP contribution in [0.4, 0.5) is 0 Å². The molecule has 5 nitrogen and oxygen atoms in total. The van der Waals surface area contributed by atoms with Crippen molar-refractivity contribution in [2.24, 2.45) is 5.92 Å². The Hall–Kier alpha value is -1.40. The molecular weight excluding hydrogens is 324 g/mol. The molecule has 1 atom stereocenters. The minimum Gasteiger partial charge on any atom is -0.396 e. The largest absolute Gasteiger partial charge is 0.396 e. The number of piperidine rings is 1. The Morgan fingerprint density at radius 1 is 1.46 bits per heavy atom. The maximum Gasteiger partial charge on any atom is 0.227 e. The highest BCUT2D eigenvalue weighted by Crippen LogP contribution is 2.23. The van der Waals surface area contributed by atoms with Gasteiger partial charge in [0.15, 0.2) is 0 Å². The van der Waals surface area contributed by atoms with Crippen molar-refractivity contribution >= 4 is 23.2 Å². The summed E-state index contributed by atoms with van der Waals surface area (Å²) >= 11 is 1.70. The van der Waals surface area contributed by atoms with Crippen molar-refractivity contribution in [3.8, 4) is 0 Å². The smallest absolute Gasteiger partial charge is 0.227 e. The van der Waals surface area contributed by atoms with Gasteiger partial charge in [-0.2, -0.15) is 0 Å². The molecule has 1 aliphatic rings. The second-order valence-electron chi connectivity index (χ2n) is 6.42. The maximum atomic E-state index is 13.0. The van der Waals surface area contributed by atoms with Gasteiger partial charge in [0.1, 0.15) is 0 Å². The lowest BCUT2D eigenvalue weighted by Gasteiger charge is -2.34. The molecule has 0 bridgehead atoms. The van der Waals surface area contributed by atoms with Gasteiger partial charge >= 0.3 is 0 Å². The molecule has 1 aromatic rings. The van der Waals surface area contributed by atoms with Gasteiger partial charge < -0.3 is 14.9 Å². The number of carbonyl (C=O) groups is 2. The molecule has 0 saturated carbocycles. The molecule has 1 aromatic heterocycles. The van der Waals surface area contributed by atoms with Crippen LogP contribution in [-0.2, 0) is 16.1 Å². The Kier molecular flexibility index (Phi) is 7.24. The van der Waals surface area contributed by atoms with Gasteiger partial charge in [-0.1, -0.05) is 6.92 Å². The minimum atomic E-state index is -0.117. The molecular formula is C18H28N2O3S. The van der Waals surface area contributed by atoms with E-state index in [0.29, 0.717) is 38.9 Å². The van der Waals surface area contributed by atoms with E-state index in [0.717, 1.165) is 17.8 Å². The molecule has 2 heterocycles. The Labute approximate surface area is 148 Å². The summed E-state index contributed by atoms with van der Waals surface area (Å²) in [7, 11) is 0. The molecule has 1 N–H and O–H groups in total. The SMILES string of the molecule is CCCN1C[C@H](C(=O)N(CCCO)Cc2ccc(C)s2)CCC1=O. The third kappa shape index (κ3) is 5.05. The molecule has 0 aromatic carbocycles. The topological polar surface area (TPSA) is 60.9 Å². The van der Waals surface area contributed by atoms with E-state index in [1.807, 2.05) is 16.7 Å². The molecule has 2 amide bonds. The van der Waals surface area contributed by atoms with Gasteiger partial charge in [-0.05, 0) is 38.3 Å². The van der Waals surface area contributed by atoms with Crippen LogP contribution in [-0.4, -0.2) is 53.0 Å². The average molecular weight is 353 g/mol. The van der Waals surface area contributed by atoms with Crippen LogP contribution in [0, 0.1) is 12.8 Å². The van der Waals surface area contributed by atoms with Gasteiger partial charge in [-0.15, -0.1) is 11.3 Å². The summed E-state index contributed by atoms with van der Waals surface area (Å²) in [6, 6.07) is 4.13. The van der Waals surface area contributed by atoms with Gasteiger partial charge in [0.25, 0.3) is 0 Å². The Morgan fingerprint density at radius 3 is 2.88 bits per heavy atom. The molecule has 0 spiro atoms. The molecule has 24 heavy (non-hydrogen) atoms. The first-order valence-electron chi connectivity index (χ1n) is 8.77. The van der Waals surface area contributed by atoms with Gasteiger partial charge in [-0.3, -0.25) is 9.59 Å². The summed E-state index contributed by atoms with van der Waals surface area (Å²) in [5, 5.41) is 9.14. The monoisotopic (exact) mass is 352 g/mol. The van der Waals surface area contributed by atoms with Crippen LogP contribution in [0.15, 0.2) is 12.1 Å². The molecule has 2 rings (SSSR count). The highest BCUT2D eigenvalue weighted by molar-refractivity contribution is 7.11. The first-order chi connectivity index (χ1) is 11.5. The number of nitrogens with zero attached hydrogens (tertiary/aromatic N) is 2. The second kappa shape index (κ2) is 9.18. The van der Waals surface area contributed by atoms with E-state index in [1.165, 1.54) is 4.88 Å². The lowest BCUT2D eigenvalue weighted by molar-refractivity contribution is -0.143. The predicted molar refractivity (Wildman–Crippen MR) is 95.8 cm³/mol. The summed E-state index contributed by atoms with van der Waals surface area (Å²) in [4.78, 5) is 31.0. The van der Waals surface area contributed by atoms with E-state index in [4.69, 9.17) is 5.11 Å². The lowest BCUT2D eigenvalue weighted by atomic mass is 9.95. The molecule has 1 saturated heterocycles. The molecule has 6 heteroatoms. The summed E-state index contributed by atoms with van der Waals surface area (Å²) in [6.07, 6.45) is 2.59. The Balaban J connectivity index is 2.04. The first-order valence-corrected chi connectivity index (χ1v) is 9.59. The zero-order chi connectivity index (χ0) is 17.5. The summed E-state index contributed by atoms with van der Waals surface area (Å²) in [6.45, 7) is 6.60. The van der Waals surface area contributed by atoms with Gasteiger partial charge in [-0.25, -0.2) is 0 Å². The van der Waals surface area contributed by atoms with Crippen LogP contribution >= 0.6 is 11.3 Å². The summed E-state index contributed by atoms with van der Waals surface area (Å²) < 4.78 is 0. The molecule has 1 fully saturated rings. The normalized spacial score (nSPS) is 18.0. The molecule has 0 aliphatic carbocycles. The van der Waals surface area contributed by atoms with Crippen molar-refractivity contribution in [2.45, 2.75) is 46.1 Å². The fourth-order valence-electron chi connectivity index (χ4n) is 3.15. The second-order valence-corrected chi connectivity index (χ2v) is 7.80. The quantitative estimate of drug-likeness (QED) is 0.782. The predicted octanol–water partition coefficient (Wildman–Crippen LogP) is 2.42. The van der Waals surface area contributed by atoms with E-state index < -0.39 is 0 Å². The zero-order valence-electron chi connectivity index (χ0n) is 14.7. The molecule has 1 aliphatic heterocycles. The van der Waals surface area contributed by atoms with Crippen molar-refractivity contribution in [1.29, 1.82) is 0 Å². The Morgan fingerprint density at radius 2 is 2.25 bits per heavy atom. The van der Waals surface area contributed by atoms with Crippen LogP contribution in [0.25, 0.3) is 0 Å². The van der Waals surface area contributed by atoms with Crippen LogP contribution in [0.2, 0.25) is 0 Å². The van der Waals surface area contributed by atoms with E-state index in [1.54, 1.807) is 11.3 Å². The van der Waals surface area contributed by atoms with Crippen LogP contribution in [0.5, 0.6) is 0 Å². The van der Waals surface area contributed by atoms with Gasteiger partial charge in [0, 0.05) is 42.4 Å². The number of hydrogen-bond donors (Lipinski definition) is 1. The van der Waals surface area contributed by atoms with Crippen LogP contribution in [0.1, 0.15) is 42.4 Å². The number of carbonyl (C=O) groups excluding carboxylic acids is 2. The number of thiophene rings is 1. The van der Waals surface area contributed by atoms with E-state index in [2.05, 4.69) is 19.1 Å². The van der Waals surface area contributed by atoms with Crippen molar-refractivity contribution in [3.63, 3.8) is 0 Å². The maximum absolute atomic E-state index is 13.0. The summed E-state index contributed by atoms with van der Waals surface area (Å²) in [5.41, 5.74) is 0. The standard InChI is InChI=1S/C18H28N2O3S/c1-3-9-19-12-15(6-8-17(19)22)18(23)20(10-4-11-21)13-16-7-5-14(2)24-16/h5,7,15,21H,3-4,6,8-13H2,1-2H3/t15-/m1/s1. The highest BCUT2D eigenvalue weighted by Gasteiger charge is 2.32. The van der Waals surface area contributed by atoms with E-state index in [-0.39, 0.29) is 24.3 Å². The number of rotatable bonds is 8. The third-order valence-corrected chi connectivity index (χ3v) is 5.37. The van der Waals surface area contributed by atoms with Crippen molar-refractivity contribution in [1.82, 2.24) is 9.80 Å². The van der Waals surface area contributed by atoms with Crippen LogP contribution < -0.4 is 0 Å². The average Bonchev–Trinajstić information content (AvgIpc) is 2.98. The molecule has 0 radical (unpaired) electrons. The highest BCUT2D eigenvalue weighted by atomic mass is 32.1. The Bertz CT molecular complexity index is 558. The summed E-state index contributed by atoms with van der Waals surface area (Å²) in [5.74, 6) is 0.161.